The summed E-state index contributed by atoms with van der Waals surface area (Å²) in [6.07, 6.45) is 9.81. The normalized spacial score (nSPS) is 27.9. The van der Waals surface area contributed by atoms with Crippen LogP contribution in [0, 0.1) is 5.92 Å². The molecule has 0 aliphatic heterocycles. The SMILES string of the molecule is CCC1CCC(NC(CCO)CSC)CC1. The van der Waals surface area contributed by atoms with Crippen LogP contribution in [0.15, 0.2) is 0 Å². The van der Waals surface area contributed by atoms with E-state index in [0.717, 1.165) is 18.1 Å². The van der Waals surface area contributed by atoms with Gasteiger partial charge in [-0.3, -0.25) is 0 Å². The van der Waals surface area contributed by atoms with E-state index in [9.17, 15) is 0 Å². The van der Waals surface area contributed by atoms with Gasteiger partial charge in [0.2, 0.25) is 0 Å². The van der Waals surface area contributed by atoms with E-state index in [1.54, 1.807) is 0 Å². The van der Waals surface area contributed by atoms with Crippen LogP contribution in [0.3, 0.4) is 0 Å². The maximum atomic E-state index is 9.02. The lowest BCUT2D eigenvalue weighted by Gasteiger charge is -2.31. The van der Waals surface area contributed by atoms with Crippen LogP contribution in [0.2, 0.25) is 0 Å². The fraction of sp³-hybridized carbons (Fsp3) is 1.00. The van der Waals surface area contributed by atoms with Crippen molar-refractivity contribution in [3.05, 3.63) is 0 Å². The monoisotopic (exact) mass is 245 g/mol. The molecule has 0 heterocycles. The highest BCUT2D eigenvalue weighted by molar-refractivity contribution is 7.98. The number of hydrogen-bond donors (Lipinski definition) is 2. The molecule has 1 atom stereocenters. The lowest BCUT2D eigenvalue weighted by molar-refractivity contribution is 0.238. The second-order valence-electron chi connectivity index (χ2n) is 4.96. The summed E-state index contributed by atoms with van der Waals surface area (Å²) in [5, 5.41) is 12.7. The average molecular weight is 245 g/mol. The molecule has 0 spiro atoms. The van der Waals surface area contributed by atoms with E-state index in [1.807, 2.05) is 11.8 Å². The van der Waals surface area contributed by atoms with Crippen molar-refractivity contribution in [2.75, 3.05) is 18.6 Å². The molecule has 1 unspecified atom stereocenters. The van der Waals surface area contributed by atoms with Gasteiger partial charge >= 0.3 is 0 Å². The van der Waals surface area contributed by atoms with Crippen molar-refractivity contribution in [2.45, 2.75) is 57.5 Å². The standard InChI is InChI=1S/C13H27NOS/c1-3-11-4-6-12(7-5-11)14-13(8-9-15)10-16-2/h11-15H,3-10H2,1-2H3. The number of hydrogen-bond acceptors (Lipinski definition) is 3. The van der Waals surface area contributed by atoms with Gasteiger partial charge in [0.15, 0.2) is 0 Å². The fourth-order valence-corrected chi connectivity index (χ4v) is 3.31. The molecule has 3 heteroatoms. The van der Waals surface area contributed by atoms with Gasteiger partial charge in [-0.2, -0.15) is 11.8 Å². The van der Waals surface area contributed by atoms with Gasteiger partial charge in [0.1, 0.15) is 0 Å². The molecule has 1 saturated carbocycles. The number of thioether (sulfide) groups is 1. The Morgan fingerprint density at radius 3 is 2.50 bits per heavy atom. The minimum atomic E-state index is 0.308. The molecule has 2 nitrogen and oxygen atoms in total. The maximum absolute atomic E-state index is 9.02. The summed E-state index contributed by atoms with van der Waals surface area (Å²) in [5.74, 6) is 2.09. The molecule has 0 bridgehead atoms. The van der Waals surface area contributed by atoms with Gasteiger partial charge in [-0.15, -0.1) is 0 Å². The highest BCUT2D eigenvalue weighted by Gasteiger charge is 2.21. The third-order valence-electron chi connectivity index (χ3n) is 3.74. The molecule has 0 aromatic heterocycles. The lowest BCUT2D eigenvalue weighted by atomic mass is 9.84. The highest BCUT2D eigenvalue weighted by atomic mass is 32.2. The number of nitrogens with one attached hydrogen (secondary N) is 1. The first-order valence-electron chi connectivity index (χ1n) is 6.66. The number of aliphatic hydroxyl groups excluding tert-OH is 1. The first-order chi connectivity index (χ1) is 7.80. The third kappa shape index (κ3) is 5.07. The molecule has 16 heavy (non-hydrogen) atoms. The molecule has 1 rings (SSSR count). The Kier molecular flexibility index (Phi) is 7.50. The second-order valence-corrected chi connectivity index (χ2v) is 5.87. The summed E-state index contributed by atoms with van der Waals surface area (Å²) in [4.78, 5) is 0. The highest BCUT2D eigenvalue weighted by Crippen LogP contribution is 2.26. The Bertz CT molecular complexity index is 163. The van der Waals surface area contributed by atoms with E-state index in [4.69, 9.17) is 5.11 Å². The largest absolute Gasteiger partial charge is 0.396 e. The molecular formula is C13H27NOS. The van der Waals surface area contributed by atoms with Crippen LogP contribution in [0.4, 0.5) is 0 Å². The minimum absolute atomic E-state index is 0.308. The first kappa shape index (κ1) is 14.3. The van der Waals surface area contributed by atoms with E-state index in [-0.39, 0.29) is 0 Å². The van der Waals surface area contributed by atoms with Crippen molar-refractivity contribution in [1.29, 1.82) is 0 Å². The molecule has 0 aromatic carbocycles. The van der Waals surface area contributed by atoms with Gasteiger partial charge in [0.05, 0.1) is 0 Å². The van der Waals surface area contributed by atoms with Crippen LogP contribution in [0.5, 0.6) is 0 Å². The van der Waals surface area contributed by atoms with Crippen LogP contribution in [0.1, 0.15) is 45.4 Å². The van der Waals surface area contributed by atoms with Crippen LogP contribution < -0.4 is 5.32 Å². The predicted molar refractivity (Wildman–Crippen MR) is 73.0 cm³/mol. The van der Waals surface area contributed by atoms with Gasteiger partial charge in [0, 0.05) is 24.4 Å². The molecule has 0 radical (unpaired) electrons. The average Bonchev–Trinajstić information content (AvgIpc) is 2.31. The molecule has 0 aromatic rings. The summed E-state index contributed by atoms with van der Waals surface area (Å²) in [6.45, 7) is 2.61. The molecule has 1 aliphatic carbocycles. The molecule has 1 fully saturated rings. The molecule has 0 saturated heterocycles. The fourth-order valence-electron chi connectivity index (χ4n) is 2.64. The van der Waals surface area contributed by atoms with Crippen LogP contribution >= 0.6 is 11.8 Å². The molecule has 96 valence electrons. The summed E-state index contributed by atoms with van der Waals surface area (Å²) >= 11 is 1.87. The van der Waals surface area contributed by atoms with E-state index < -0.39 is 0 Å². The van der Waals surface area contributed by atoms with Gasteiger partial charge < -0.3 is 10.4 Å². The van der Waals surface area contributed by atoms with Crippen LogP contribution in [0.25, 0.3) is 0 Å². The Hall–Kier alpha value is 0.270. The van der Waals surface area contributed by atoms with Crippen molar-refractivity contribution >= 4 is 11.8 Å². The minimum Gasteiger partial charge on any atom is -0.396 e. The lowest BCUT2D eigenvalue weighted by Crippen LogP contribution is -2.42. The maximum Gasteiger partial charge on any atom is 0.0446 e. The van der Waals surface area contributed by atoms with Gasteiger partial charge in [-0.05, 0) is 44.3 Å². The number of aliphatic hydroxyl groups is 1. The third-order valence-corrected chi connectivity index (χ3v) is 4.48. The number of rotatable bonds is 7. The van der Waals surface area contributed by atoms with Crippen molar-refractivity contribution in [2.24, 2.45) is 5.92 Å². The van der Waals surface area contributed by atoms with Crippen molar-refractivity contribution in [3.63, 3.8) is 0 Å². The smallest absolute Gasteiger partial charge is 0.0446 e. The van der Waals surface area contributed by atoms with Gasteiger partial charge in [0.25, 0.3) is 0 Å². The summed E-state index contributed by atoms with van der Waals surface area (Å²) < 4.78 is 0. The topological polar surface area (TPSA) is 32.3 Å². The zero-order valence-electron chi connectivity index (χ0n) is 10.7. The van der Waals surface area contributed by atoms with Crippen molar-refractivity contribution < 1.29 is 5.11 Å². The molecule has 2 N–H and O–H groups in total. The first-order valence-corrected chi connectivity index (χ1v) is 8.05. The van der Waals surface area contributed by atoms with E-state index in [2.05, 4.69) is 18.5 Å². The zero-order chi connectivity index (χ0) is 11.8. The Balaban J connectivity index is 2.24. The van der Waals surface area contributed by atoms with Crippen LogP contribution in [-0.4, -0.2) is 35.8 Å². The van der Waals surface area contributed by atoms with Gasteiger partial charge in [-0.1, -0.05) is 13.3 Å². The van der Waals surface area contributed by atoms with E-state index >= 15 is 0 Å². The Morgan fingerprint density at radius 1 is 1.31 bits per heavy atom. The van der Waals surface area contributed by atoms with E-state index in [1.165, 1.54) is 32.1 Å². The Labute approximate surface area is 105 Å². The Morgan fingerprint density at radius 2 is 2.00 bits per heavy atom. The quantitative estimate of drug-likeness (QED) is 0.723. The van der Waals surface area contributed by atoms with Crippen molar-refractivity contribution in [3.8, 4) is 0 Å². The van der Waals surface area contributed by atoms with Gasteiger partial charge in [-0.25, -0.2) is 0 Å². The molecule has 0 amide bonds. The van der Waals surface area contributed by atoms with Crippen molar-refractivity contribution in [1.82, 2.24) is 5.32 Å². The summed E-state index contributed by atoms with van der Waals surface area (Å²) in [6, 6.07) is 1.20. The predicted octanol–water partition coefficient (Wildman–Crippen LogP) is 2.66. The summed E-state index contributed by atoms with van der Waals surface area (Å²) in [7, 11) is 0. The molecule has 1 aliphatic rings. The van der Waals surface area contributed by atoms with E-state index in [0.29, 0.717) is 18.7 Å². The zero-order valence-corrected chi connectivity index (χ0v) is 11.6. The van der Waals surface area contributed by atoms with Crippen LogP contribution in [-0.2, 0) is 0 Å². The molecular weight excluding hydrogens is 218 g/mol. The summed E-state index contributed by atoms with van der Waals surface area (Å²) in [5.41, 5.74) is 0. The second kappa shape index (κ2) is 8.37.